The van der Waals surface area contributed by atoms with Crippen LogP contribution in [0.4, 0.5) is 0 Å². The maximum absolute atomic E-state index is 7.49. The van der Waals surface area contributed by atoms with Crippen molar-refractivity contribution >= 4 is 11.7 Å². The summed E-state index contributed by atoms with van der Waals surface area (Å²) in [6.45, 7) is 0. The minimum absolute atomic E-state index is 0.00931. The Hall–Kier alpha value is -3.48. The maximum atomic E-state index is 7.49. The van der Waals surface area contributed by atoms with Gasteiger partial charge in [0.1, 0.15) is 17.4 Å². The van der Waals surface area contributed by atoms with Crippen LogP contribution in [0.5, 0.6) is 0 Å². The molecule has 0 saturated heterocycles. The van der Waals surface area contributed by atoms with Gasteiger partial charge < -0.3 is 16.0 Å². The summed E-state index contributed by atoms with van der Waals surface area (Å²) in [7, 11) is 0. The first-order valence-corrected chi connectivity index (χ1v) is 6.76. The van der Waals surface area contributed by atoms with Gasteiger partial charge in [0.05, 0.1) is 0 Å². The van der Waals surface area contributed by atoms with E-state index in [1.54, 1.807) is 36.5 Å². The van der Waals surface area contributed by atoms with E-state index < -0.39 is 0 Å². The molecule has 7 nitrogen and oxygen atoms in total. The third-order valence-electron chi connectivity index (χ3n) is 3.31. The third kappa shape index (κ3) is 2.93. The molecule has 6 N–H and O–H groups in total. The predicted molar refractivity (Wildman–Crippen MR) is 87.2 cm³/mol. The molecule has 0 spiro atoms. The van der Waals surface area contributed by atoms with E-state index in [-0.39, 0.29) is 11.7 Å². The van der Waals surface area contributed by atoms with Crippen molar-refractivity contribution in [3.05, 3.63) is 59.9 Å². The van der Waals surface area contributed by atoms with Crippen LogP contribution in [0.15, 0.2) is 53.3 Å². The molecule has 0 aliphatic carbocycles. The summed E-state index contributed by atoms with van der Waals surface area (Å²) in [6, 6.07) is 10.6. The van der Waals surface area contributed by atoms with Crippen molar-refractivity contribution in [3.8, 4) is 22.6 Å². The predicted octanol–water partition coefficient (Wildman–Crippen LogP) is 1.97. The average Bonchev–Trinajstić information content (AvgIpc) is 3.05. The number of benzene rings is 1. The monoisotopic (exact) mass is 306 g/mol. The normalized spacial score (nSPS) is 10.4. The minimum atomic E-state index is -0.0581. The van der Waals surface area contributed by atoms with Crippen molar-refractivity contribution in [2.24, 2.45) is 11.5 Å². The highest BCUT2D eigenvalue weighted by atomic mass is 16.5. The number of rotatable bonds is 4. The highest BCUT2D eigenvalue weighted by Crippen LogP contribution is 2.26. The number of hydrogen-bond acceptors (Lipinski definition) is 5. The van der Waals surface area contributed by atoms with Crippen molar-refractivity contribution in [3.63, 3.8) is 0 Å². The highest BCUT2D eigenvalue weighted by molar-refractivity contribution is 5.96. The number of pyridine rings is 1. The Morgan fingerprint density at radius 1 is 0.913 bits per heavy atom. The van der Waals surface area contributed by atoms with Gasteiger partial charge in [-0.3, -0.25) is 15.8 Å². The fourth-order valence-electron chi connectivity index (χ4n) is 2.11. The molecule has 0 atom stereocenters. The van der Waals surface area contributed by atoms with Gasteiger partial charge in [-0.1, -0.05) is 23.4 Å². The van der Waals surface area contributed by atoms with E-state index in [1.807, 2.05) is 6.07 Å². The van der Waals surface area contributed by atoms with Crippen molar-refractivity contribution in [2.45, 2.75) is 0 Å². The van der Waals surface area contributed by atoms with Crippen LogP contribution < -0.4 is 11.5 Å². The molecule has 3 rings (SSSR count). The lowest BCUT2D eigenvalue weighted by Crippen LogP contribution is -2.11. The van der Waals surface area contributed by atoms with Gasteiger partial charge in [-0.2, -0.15) is 0 Å². The van der Waals surface area contributed by atoms with Gasteiger partial charge in [-0.15, -0.1) is 0 Å². The van der Waals surface area contributed by atoms with Crippen LogP contribution in [0.25, 0.3) is 22.6 Å². The van der Waals surface area contributed by atoms with Crippen LogP contribution >= 0.6 is 0 Å². The Bertz CT molecular complexity index is 827. The summed E-state index contributed by atoms with van der Waals surface area (Å²) >= 11 is 0. The Kier molecular flexibility index (Phi) is 3.60. The Balaban J connectivity index is 1.97. The SMILES string of the molecule is N=C(N)c1cncc(-c2cc(-c3cccc(C(=N)N)c3)on2)c1. The van der Waals surface area contributed by atoms with Gasteiger partial charge in [-0.05, 0) is 12.1 Å². The molecule has 0 bridgehead atoms. The highest BCUT2D eigenvalue weighted by Gasteiger charge is 2.11. The maximum Gasteiger partial charge on any atom is 0.167 e. The van der Waals surface area contributed by atoms with Crippen LogP contribution in [0.1, 0.15) is 11.1 Å². The molecule has 7 heteroatoms. The number of nitrogen functional groups attached to an aromatic ring is 2. The van der Waals surface area contributed by atoms with E-state index in [9.17, 15) is 0 Å². The summed E-state index contributed by atoms with van der Waals surface area (Å²) in [5, 5.41) is 19.0. The molecule has 0 aliphatic heterocycles. The van der Waals surface area contributed by atoms with E-state index in [0.29, 0.717) is 28.1 Å². The van der Waals surface area contributed by atoms with Gasteiger partial charge in [0.15, 0.2) is 5.76 Å². The molecule has 3 aromatic rings. The average molecular weight is 306 g/mol. The molecule has 2 heterocycles. The van der Waals surface area contributed by atoms with Gasteiger partial charge in [-0.25, -0.2) is 0 Å². The molecule has 0 radical (unpaired) electrons. The number of nitrogens with two attached hydrogens (primary N) is 2. The lowest BCUT2D eigenvalue weighted by molar-refractivity contribution is 0.435. The zero-order valence-corrected chi connectivity index (χ0v) is 12.1. The summed E-state index contributed by atoms with van der Waals surface area (Å²) in [5.41, 5.74) is 14.2. The molecule has 0 fully saturated rings. The van der Waals surface area contributed by atoms with E-state index in [2.05, 4.69) is 10.1 Å². The second-order valence-corrected chi connectivity index (χ2v) is 4.95. The smallest absolute Gasteiger partial charge is 0.167 e. The summed E-state index contributed by atoms with van der Waals surface area (Å²) in [4.78, 5) is 4.05. The summed E-state index contributed by atoms with van der Waals surface area (Å²) < 4.78 is 5.37. The number of aromatic nitrogens is 2. The van der Waals surface area contributed by atoms with Crippen LogP contribution in [0, 0.1) is 10.8 Å². The Labute approximate surface area is 132 Å². The van der Waals surface area contributed by atoms with Gasteiger partial charge >= 0.3 is 0 Å². The summed E-state index contributed by atoms with van der Waals surface area (Å²) in [5.74, 6) is 0.485. The molecule has 0 unspecified atom stereocenters. The molecule has 23 heavy (non-hydrogen) atoms. The van der Waals surface area contributed by atoms with Crippen molar-refractivity contribution in [1.82, 2.24) is 10.1 Å². The topological polar surface area (TPSA) is 139 Å². The Morgan fingerprint density at radius 2 is 1.65 bits per heavy atom. The van der Waals surface area contributed by atoms with Gasteiger partial charge in [0.2, 0.25) is 0 Å². The lowest BCUT2D eigenvalue weighted by Gasteiger charge is -2.00. The molecule has 1 aromatic carbocycles. The first-order valence-electron chi connectivity index (χ1n) is 6.76. The quantitative estimate of drug-likeness (QED) is 0.431. The number of amidine groups is 2. The van der Waals surface area contributed by atoms with Crippen LogP contribution in [0.3, 0.4) is 0 Å². The number of hydrogen-bond donors (Lipinski definition) is 4. The zero-order chi connectivity index (χ0) is 16.4. The summed E-state index contributed by atoms with van der Waals surface area (Å²) in [6.07, 6.45) is 3.14. The first-order chi connectivity index (χ1) is 11.0. The largest absolute Gasteiger partial charge is 0.384 e. The molecule has 0 aliphatic rings. The van der Waals surface area contributed by atoms with Crippen molar-refractivity contribution in [1.29, 1.82) is 10.8 Å². The zero-order valence-electron chi connectivity index (χ0n) is 12.1. The second-order valence-electron chi connectivity index (χ2n) is 4.95. The Morgan fingerprint density at radius 3 is 2.39 bits per heavy atom. The fraction of sp³-hybridized carbons (Fsp3) is 0. The lowest BCUT2D eigenvalue weighted by atomic mass is 10.1. The van der Waals surface area contributed by atoms with Gasteiger partial charge in [0.25, 0.3) is 0 Å². The molecule has 2 aromatic heterocycles. The molecule has 0 amide bonds. The van der Waals surface area contributed by atoms with Crippen molar-refractivity contribution in [2.75, 3.05) is 0 Å². The molecular formula is C16H14N6O. The van der Waals surface area contributed by atoms with E-state index >= 15 is 0 Å². The van der Waals surface area contributed by atoms with Crippen LogP contribution in [-0.2, 0) is 0 Å². The van der Waals surface area contributed by atoms with E-state index in [1.165, 1.54) is 6.20 Å². The van der Waals surface area contributed by atoms with Crippen molar-refractivity contribution < 1.29 is 4.52 Å². The fourth-order valence-corrected chi connectivity index (χ4v) is 2.11. The molecular weight excluding hydrogens is 292 g/mol. The van der Waals surface area contributed by atoms with Crippen LogP contribution in [-0.4, -0.2) is 21.8 Å². The number of nitrogens with one attached hydrogen (secondary N) is 2. The third-order valence-corrected chi connectivity index (χ3v) is 3.31. The second kappa shape index (κ2) is 5.72. The first kappa shape index (κ1) is 14.5. The van der Waals surface area contributed by atoms with Crippen LogP contribution in [0.2, 0.25) is 0 Å². The molecule has 0 saturated carbocycles. The van der Waals surface area contributed by atoms with E-state index in [4.69, 9.17) is 26.8 Å². The number of nitrogens with zero attached hydrogens (tertiary/aromatic N) is 2. The molecule has 114 valence electrons. The van der Waals surface area contributed by atoms with Gasteiger partial charge in [0, 0.05) is 40.7 Å². The minimum Gasteiger partial charge on any atom is -0.384 e. The standard InChI is InChI=1S/C16H14N6O/c17-15(18)10-3-1-2-9(4-10)14-6-13(22-23-14)11-5-12(16(19)20)8-21-7-11/h1-8H,(H3,17,18)(H3,19,20). The van der Waals surface area contributed by atoms with E-state index in [0.717, 1.165) is 5.56 Å².